The number of halogens is 3. The Balaban J connectivity index is 1.66. The van der Waals surface area contributed by atoms with Gasteiger partial charge in [0.15, 0.2) is 0 Å². The number of rotatable bonds is 8. The number of hydrogen-bond donors (Lipinski definition) is 2. The van der Waals surface area contributed by atoms with E-state index in [1.165, 1.54) is 18.2 Å². The maximum Gasteiger partial charge on any atom is 0.573 e. The highest BCUT2D eigenvalue weighted by atomic mass is 32.1. The molecule has 0 spiro atoms. The predicted octanol–water partition coefficient (Wildman–Crippen LogP) is 5.68. The van der Waals surface area contributed by atoms with Crippen LogP contribution in [0.15, 0.2) is 48.5 Å². The van der Waals surface area contributed by atoms with E-state index < -0.39 is 6.36 Å². The lowest BCUT2D eigenvalue weighted by Crippen LogP contribution is -2.21. The van der Waals surface area contributed by atoms with Gasteiger partial charge in [-0.1, -0.05) is 12.1 Å². The maximum absolute atomic E-state index is 12.7. The monoisotopic (exact) mass is 488 g/mol. The van der Waals surface area contributed by atoms with E-state index in [0.29, 0.717) is 29.6 Å². The zero-order valence-electron chi connectivity index (χ0n) is 18.8. The van der Waals surface area contributed by atoms with Crippen LogP contribution in [0.25, 0.3) is 21.5 Å². The molecule has 0 amide bonds. The third kappa shape index (κ3) is 6.33. The lowest BCUT2D eigenvalue weighted by Gasteiger charge is -2.14. The molecule has 0 bridgehead atoms. The Kier molecular flexibility index (Phi) is 6.85. The summed E-state index contributed by atoms with van der Waals surface area (Å²) in [7, 11) is 3.91. The van der Waals surface area contributed by atoms with Crippen LogP contribution in [0.1, 0.15) is 5.01 Å². The number of nitrogens with zero attached hydrogens (tertiary/aromatic N) is 4. The van der Waals surface area contributed by atoms with E-state index >= 15 is 0 Å². The molecule has 0 unspecified atom stereocenters. The molecule has 0 saturated heterocycles. The summed E-state index contributed by atoms with van der Waals surface area (Å²) in [6.07, 6.45) is -4.78. The minimum Gasteiger partial charge on any atom is -0.406 e. The normalized spacial score (nSPS) is 11.7. The number of alkyl halides is 3. The Morgan fingerprint density at radius 1 is 1.03 bits per heavy atom. The Morgan fingerprint density at radius 2 is 1.85 bits per heavy atom. The molecule has 0 radical (unpaired) electrons. The number of ether oxygens (including phenoxy) is 1. The van der Waals surface area contributed by atoms with Gasteiger partial charge >= 0.3 is 6.36 Å². The average Bonchev–Trinajstić information content (AvgIpc) is 3.11. The molecule has 2 heterocycles. The highest BCUT2D eigenvalue weighted by Crippen LogP contribution is 2.30. The number of aromatic nitrogens is 3. The summed E-state index contributed by atoms with van der Waals surface area (Å²) in [5, 5.41) is 7.41. The third-order valence-electron chi connectivity index (χ3n) is 4.70. The highest BCUT2D eigenvalue weighted by molar-refractivity contribution is 7.18. The van der Waals surface area contributed by atoms with Crippen LogP contribution in [0.4, 0.5) is 30.6 Å². The predicted molar refractivity (Wildman–Crippen MR) is 129 cm³/mol. The van der Waals surface area contributed by atoms with Crippen molar-refractivity contribution in [1.29, 1.82) is 0 Å². The van der Waals surface area contributed by atoms with Gasteiger partial charge in [-0.3, -0.25) is 0 Å². The van der Waals surface area contributed by atoms with Gasteiger partial charge in [-0.25, -0.2) is 9.97 Å². The number of aryl methyl sites for hydroxylation is 1. The summed E-state index contributed by atoms with van der Waals surface area (Å²) in [5.74, 6) is 0.532. The number of fused-ring (bicyclic) bond motifs is 1. The molecule has 2 aromatic carbocycles. The second-order valence-electron chi connectivity index (χ2n) is 7.81. The average molecular weight is 489 g/mol. The molecule has 7 nitrogen and oxygen atoms in total. The molecule has 0 atom stereocenters. The van der Waals surface area contributed by atoms with Gasteiger partial charge in [0.2, 0.25) is 5.95 Å². The van der Waals surface area contributed by atoms with E-state index in [1.807, 2.05) is 44.1 Å². The Bertz CT molecular complexity index is 1290. The molecular weight excluding hydrogens is 465 g/mol. The largest absolute Gasteiger partial charge is 0.573 e. The molecule has 178 valence electrons. The van der Waals surface area contributed by atoms with Crippen LogP contribution in [0.3, 0.4) is 0 Å². The smallest absolute Gasteiger partial charge is 0.406 e. The molecule has 0 fully saturated rings. The van der Waals surface area contributed by atoms with Crippen molar-refractivity contribution in [3.05, 3.63) is 53.5 Å². The van der Waals surface area contributed by atoms with Gasteiger partial charge in [0.1, 0.15) is 11.6 Å². The fraction of sp³-hybridized carbons (Fsp3) is 0.261. The zero-order valence-corrected chi connectivity index (χ0v) is 19.6. The van der Waals surface area contributed by atoms with Crippen LogP contribution in [0, 0.1) is 6.92 Å². The number of anilines is 3. The molecule has 2 aromatic heterocycles. The minimum absolute atomic E-state index is 0.315. The van der Waals surface area contributed by atoms with Crippen LogP contribution in [-0.2, 0) is 0 Å². The summed E-state index contributed by atoms with van der Waals surface area (Å²) in [4.78, 5) is 15.6. The first-order valence-electron chi connectivity index (χ1n) is 10.4. The number of thiazole rings is 1. The van der Waals surface area contributed by atoms with Crippen molar-refractivity contribution in [3.63, 3.8) is 0 Å². The number of nitrogens with one attached hydrogen (secondary N) is 2. The van der Waals surface area contributed by atoms with Gasteiger partial charge in [0, 0.05) is 30.4 Å². The summed E-state index contributed by atoms with van der Waals surface area (Å²) in [6, 6.07) is 13.2. The van der Waals surface area contributed by atoms with Crippen molar-refractivity contribution < 1.29 is 17.9 Å². The van der Waals surface area contributed by atoms with Gasteiger partial charge in [-0.15, -0.1) is 24.5 Å². The van der Waals surface area contributed by atoms with E-state index in [0.717, 1.165) is 27.5 Å². The van der Waals surface area contributed by atoms with Crippen molar-refractivity contribution in [2.24, 2.45) is 0 Å². The molecule has 11 heteroatoms. The Hall–Kier alpha value is -3.44. The Morgan fingerprint density at radius 3 is 2.62 bits per heavy atom. The first kappa shape index (κ1) is 23.7. The van der Waals surface area contributed by atoms with E-state index in [4.69, 9.17) is 0 Å². The molecule has 0 aliphatic rings. The molecule has 0 saturated carbocycles. The molecular formula is C23H23F3N6OS. The first-order valence-corrected chi connectivity index (χ1v) is 11.2. The first-order chi connectivity index (χ1) is 16.1. The van der Waals surface area contributed by atoms with Crippen LogP contribution in [-0.4, -0.2) is 53.4 Å². The zero-order chi connectivity index (χ0) is 24.3. The fourth-order valence-corrected chi connectivity index (χ4v) is 4.06. The molecule has 4 rings (SSSR count). The highest BCUT2D eigenvalue weighted by Gasteiger charge is 2.31. The number of hydrogen-bond acceptors (Lipinski definition) is 8. The summed E-state index contributed by atoms with van der Waals surface area (Å²) >= 11 is 1.62. The van der Waals surface area contributed by atoms with Crippen molar-refractivity contribution in [3.8, 4) is 17.0 Å². The van der Waals surface area contributed by atoms with Gasteiger partial charge in [0.05, 0.1) is 20.9 Å². The van der Waals surface area contributed by atoms with Crippen LogP contribution in [0.2, 0.25) is 0 Å². The summed E-state index contributed by atoms with van der Waals surface area (Å²) in [5.41, 5.74) is 2.58. The summed E-state index contributed by atoms with van der Waals surface area (Å²) < 4.78 is 43.2. The second kappa shape index (κ2) is 9.82. The van der Waals surface area contributed by atoms with Gasteiger partial charge in [0.25, 0.3) is 0 Å². The van der Waals surface area contributed by atoms with Crippen molar-refractivity contribution in [2.75, 3.05) is 37.8 Å². The summed E-state index contributed by atoms with van der Waals surface area (Å²) in [6.45, 7) is 3.30. The van der Waals surface area contributed by atoms with Gasteiger partial charge in [-0.05, 0) is 51.4 Å². The number of benzene rings is 2. The maximum atomic E-state index is 12.7. The molecule has 2 N–H and O–H groups in total. The second-order valence-corrected chi connectivity index (χ2v) is 9.04. The lowest BCUT2D eigenvalue weighted by molar-refractivity contribution is -0.274. The van der Waals surface area contributed by atoms with Crippen LogP contribution in [0.5, 0.6) is 5.75 Å². The van der Waals surface area contributed by atoms with Gasteiger partial charge < -0.3 is 20.3 Å². The Labute approximate surface area is 198 Å². The third-order valence-corrected chi connectivity index (χ3v) is 5.65. The topological polar surface area (TPSA) is 75.2 Å². The minimum atomic E-state index is -4.78. The van der Waals surface area contributed by atoms with E-state index in [-0.39, 0.29) is 5.75 Å². The lowest BCUT2D eigenvalue weighted by atomic mass is 10.1. The van der Waals surface area contributed by atoms with Gasteiger partial charge in [-0.2, -0.15) is 4.98 Å². The molecule has 0 aliphatic carbocycles. The van der Waals surface area contributed by atoms with Crippen LogP contribution < -0.4 is 15.4 Å². The fourth-order valence-electron chi connectivity index (χ4n) is 3.25. The van der Waals surface area contributed by atoms with Crippen molar-refractivity contribution in [1.82, 2.24) is 19.9 Å². The van der Waals surface area contributed by atoms with E-state index in [1.54, 1.807) is 23.5 Å². The number of likely N-dealkylation sites (N-methyl/N-ethyl adjacent to an activating group) is 1. The van der Waals surface area contributed by atoms with Crippen LogP contribution >= 0.6 is 11.3 Å². The van der Waals surface area contributed by atoms with Crippen molar-refractivity contribution >= 4 is 39.0 Å². The van der Waals surface area contributed by atoms with Crippen molar-refractivity contribution in [2.45, 2.75) is 13.3 Å². The molecule has 34 heavy (non-hydrogen) atoms. The van der Waals surface area contributed by atoms with E-state index in [9.17, 15) is 13.2 Å². The standard InChI is InChI=1S/C23H23F3N6OS/c1-14-28-19-12-16(7-8-20(19)34-14)29-21-13-18(30-22(31-21)27-9-10-32(2)3)15-5-4-6-17(11-15)33-23(24,25)26/h4-8,11-13H,9-10H2,1-3H3,(H2,27,29,30,31). The quantitative estimate of drug-likeness (QED) is 0.331. The molecule has 0 aliphatic heterocycles. The molecule has 4 aromatic rings. The SMILES string of the molecule is Cc1nc2cc(Nc3cc(-c4cccc(OC(F)(F)F)c4)nc(NCCN(C)C)n3)ccc2s1. The van der Waals surface area contributed by atoms with E-state index in [2.05, 4.69) is 30.3 Å².